The van der Waals surface area contributed by atoms with Crippen LogP contribution in [0.5, 0.6) is 0 Å². The lowest BCUT2D eigenvalue weighted by Crippen LogP contribution is -2.09. The summed E-state index contributed by atoms with van der Waals surface area (Å²) < 4.78 is 2.56. The fraction of sp³-hybridized carbons (Fsp3) is 0.200. The zero-order chi connectivity index (χ0) is 11.0. The SMILES string of the molecule is Cc1nc2c(Br)cccc2n1CC(=O)O. The molecule has 78 valence electrons. The van der Waals surface area contributed by atoms with Crippen molar-refractivity contribution in [2.75, 3.05) is 0 Å². The van der Waals surface area contributed by atoms with Crippen LogP contribution < -0.4 is 0 Å². The molecule has 2 rings (SSSR count). The van der Waals surface area contributed by atoms with Crippen LogP contribution in [0.4, 0.5) is 0 Å². The molecule has 0 aliphatic heterocycles. The third-order valence-electron chi connectivity index (χ3n) is 2.21. The maximum absolute atomic E-state index is 10.7. The van der Waals surface area contributed by atoms with Crippen molar-refractivity contribution in [2.45, 2.75) is 13.5 Å². The Bertz CT molecular complexity index is 533. The normalized spacial score (nSPS) is 10.8. The van der Waals surface area contributed by atoms with Crippen LogP contribution in [0, 0.1) is 6.92 Å². The quantitative estimate of drug-likeness (QED) is 0.909. The molecule has 2 aromatic rings. The molecule has 4 nitrogen and oxygen atoms in total. The predicted molar refractivity (Wildman–Crippen MR) is 59.8 cm³/mol. The van der Waals surface area contributed by atoms with Gasteiger partial charge in [-0.05, 0) is 35.0 Å². The van der Waals surface area contributed by atoms with Crippen molar-refractivity contribution >= 4 is 32.9 Å². The molecule has 0 aliphatic rings. The van der Waals surface area contributed by atoms with Crippen molar-refractivity contribution in [2.24, 2.45) is 0 Å². The Kier molecular flexibility index (Phi) is 2.48. The molecule has 5 heteroatoms. The molecule has 0 bridgehead atoms. The van der Waals surface area contributed by atoms with Crippen molar-refractivity contribution in [1.29, 1.82) is 0 Å². The molecular formula is C10H9BrN2O2. The zero-order valence-electron chi connectivity index (χ0n) is 8.07. The molecule has 0 radical (unpaired) electrons. The third-order valence-corrected chi connectivity index (χ3v) is 2.85. The summed E-state index contributed by atoms with van der Waals surface area (Å²) in [5.41, 5.74) is 1.64. The Hall–Kier alpha value is -1.36. The molecule has 0 aliphatic carbocycles. The van der Waals surface area contributed by atoms with E-state index >= 15 is 0 Å². The first-order valence-electron chi connectivity index (χ1n) is 4.42. The molecule has 0 unspecified atom stereocenters. The molecule has 1 heterocycles. The molecule has 0 saturated carbocycles. The van der Waals surface area contributed by atoms with Gasteiger partial charge in [-0.15, -0.1) is 0 Å². The van der Waals surface area contributed by atoms with Crippen LogP contribution in [0.25, 0.3) is 11.0 Å². The number of carboxylic acids is 1. The van der Waals surface area contributed by atoms with Gasteiger partial charge in [0.15, 0.2) is 0 Å². The fourth-order valence-electron chi connectivity index (χ4n) is 1.56. The van der Waals surface area contributed by atoms with Crippen molar-refractivity contribution in [3.05, 3.63) is 28.5 Å². The Morgan fingerprint density at radius 1 is 1.60 bits per heavy atom. The maximum atomic E-state index is 10.7. The largest absolute Gasteiger partial charge is 0.480 e. The molecule has 1 aromatic heterocycles. The highest BCUT2D eigenvalue weighted by Crippen LogP contribution is 2.23. The van der Waals surface area contributed by atoms with Crippen molar-refractivity contribution in [1.82, 2.24) is 9.55 Å². The average Bonchev–Trinajstić information content (AvgIpc) is 2.45. The summed E-state index contributed by atoms with van der Waals surface area (Å²) in [5.74, 6) is -0.156. The number of carbonyl (C=O) groups is 1. The van der Waals surface area contributed by atoms with Gasteiger partial charge in [0.05, 0.1) is 5.52 Å². The number of imidazole rings is 1. The zero-order valence-corrected chi connectivity index (χ0v) is 9.65. The topological polar surface area (TPSA) is 55.1 Å². The first kappa shape index (κ1) is 10.2. The van der Waals surface area contributed by atoms with E-state index in [1.54, 1.807) is 11.5 Å². The van der Waals surface area contributed by atoms with Crippen LogP contribution in [0.15, 0.2) is 22.7 Å². The summed E-state index contributed by atoms with van der Waals surface area (Å²) in [6.45, 7) is 1.74. The summed E-state index contributed by atoms with van der Waals surface area (Å²) >= 11 is 3.39. The minimum absolute atomic E-state index is 0.0568. The number of carboxylic acid groups (broad SMARTS) is 1. The minimum atomic E-state index is -0.864. The molecule has 0 amide bonds. The summed E-state index contributed by atoms with van der Waals surface area (Å²) in [6, 6.07) is 5.62. The number of halogens is 1. The van der Waals surface area contributed by atoms with E-state index in [1.807, 2.05) is 18.2 Å². The highest BCUT2D eigenvalue weighted by molar-refractivity contribution is 9.10. The number of hydrogen-bond acceptors (Lipinski definition) is 2. The van der Waals surface area contributed by atoms with Gasteiger partial charge in [0, 0.05) is 4.47 Å². The van der Waals surface area contributed by atoms with E-state index in [9.17, 15) is 4.79 Å². The van der Waals surface area contributed by atoms with Crippen LogP contribution in [0.1, 0.15) is 5.82 Å². The van der Waals surface area contributed by atoms with E-state index < -0.39 is 5.97 Å². The van der Waals surface area contributed by atoms with Crippen LogP contribution in [-0.4, -0.2) is 20.6 Å². The first-order chi connectivity index (χ1) is 7.09. The second kappa shape index (κ2) is 3.66. The Balaban J connectivity index is 2.68. The molecular weight excluding hydrogens is 260 g/mol. The number of aromatic nitrogens is 2. The number of hydrogen-bond donors (Lipinski definition) is 1. The lowest BCUT2D eigenvalue weighted by Gasteiger charge is -2.02. The summed E-state index contributed by atoms with van der Waals surface area (Å²) in [5, 5.41) is 8.78. The highest BCUT2D eigenvalue weighted by Gasteiger charge is 2.11. The van der Waals surface area contributed by atoms with Crippen LogP contribution >= 0.6 is 15.9 Å². The summed E-state index contributed by atoms with van der Waals surface area (Å²) in [7, 11) is 0. The molecule has 15 heavy (non-hydrogen) atoms. The van der Waals surface area contributed by atoms with Gasteiger partial charge in [0.2, 0.25) is 0 Å². The molecule has 0 atom stereocenters. The van der Waals surface area contributed by atoms with Gasteiger partial charge in [-0.1, -0.05) is 6.07 Å². The molecule has 1 N–H and O–H groups in total. The van der Waals surface area contributed by atoms with Crippen molar-refractivity contribution in [3.63, 3.8) is 0 Å². The van der Waals surface area contributed by atoms with E-state index in [4.69, 9.17) is 5.11 Å². The highest BCUT2D eigenvalue weighted by atomic mass is 79.9. The smallest absolute Gasteiger partial charge is 0.323 e. The van der Waals surface area contributed by atoms with Gasteiger partial charge >= 0.3 is 5.97 Å². The lowest BCUT2D eigenvalue weighted by molar-refractivity contribution is -0.137. The average molecular weight is 269 g/mol. The van der Waals surface area contributed by atoms with Crippen molar-refractivity contribution < 1.29 is 9.90 Å². The Labute approximate surface area is 94.7 Å². The van der Waals surface area contributed by atoms with E-state index in [0.29, 0.717) is 5.82 Å². The second-order valence-corrected chi connectivity index (χ2v) is 4.10. The number of aliphatic carboxylic acids is 1. The fourth-order valence-corrected chi connectivity index (χ4v) is 2.01. The first-order valence-corrected chi connectivity index (χ1v) is 5.22. The van der Waals surface area contributed by atoms with E-state index in [0.717, 1.165) is 15.5 Å². The van der Waals surface area contributed by atoms with Crippen LogP contribution in [-0.2, 0) is 11.3 Å². The van der Waals surface area contributed by atoms with Gasteiger partial charge in [0.25, 0.3) is 0 Å². The lowest BCUT2D eigenvalue weighted by atomic mass is 10.3. The third kappa shape index (κ3) is 1.74. The van der Waals surface area contributed by atoms with Crippen LogP contribution in [0.3, 0.4) is 0 Å². The summed E-state index contributed by atoms with van der Waals surface area (Å²) in [4.78, 5) is 15.0. The monoisotopic (exact) mass is 268 g/mol. The van der Waals surface area contributed by atoms with E-state index in [1.165, 1.54) is 0 Å². The molecule has 0 saturated heterocycles. The number of aryl methyl sites for hydroxylation is 1. The number of fused-ring (bicyclic) bond motifs is 1. The molecule has 1 aromatic carbocycles. The molecule has 0 fully saturated rings. The number of nitrogens with zero attached hydrogens (tertiary/aromatic N) is 2. The minimum Gasteiger partial charge on any atom is -0.480 e. The predicted octanol–water partition coefficient (Wildman–Crippen LogP) is 2.19. The van der Waals surface area contributed by atoms with Gasteiger partial charge in [-0.2, -0.15) is 0 Å². The van der Waals surface area contributed by atoms with Gasteiger partial charge in [-0.25, -0.2) is 4.98 Å². The number of benzene rings is 1. The summed E-state index contributed by atoms with van der Waals surface area (Å²) in [6.07, 6.45) is 0. The van der Waals surface area contributed by atoms with Gasteiger partial charge < -0.3 is 9.67 Å². The second-order valence-electron chi connectivity index (χ2n) is 3.25. The van der Waals surface area contributed by atoms with Crippen LogP contribution in [0.2, 0.25) is 0 Å². The molecule has 0 spiro atoms. The van der Waals surface area contributed by atoms with Crippen molar-refractivity contribution in [3.8, 4) is 0 Å². The van der Waals surface area contributed by atoms with Gasteiger partial charge in [0.1, 0.15) is 17.9 Å². The maximum Gasteiger partial charge on any atom is 0.323 e. The number of rotatable bonds is 2. The van der Waals surface area contributed by atoms with E-state index in [-0.39, 0.29) is 6.54 Å². The standard InChI is InChI=1S/C10H9BrN2O2/c1-6-12-10-7(11)3-2-4-8(10)13(6)5-9(14)15/h2-4H,5H2,1H3,(H,14,15). The number of para-hydroxylation sites is 1. The van der Waals surface area contributed by atoms with E-state index in [2.05, 4.69) is 20.9 Å². The van der Waals surface area contributed by atoms with Gasteiger partial charge in [-0.3, -0.25) is 4.79 Å². The Morgan fingerprint density at radius 3 is 3.00 bits per heavy atom. The Morgan fingerprint density at radius 2 is 2.33 bits per heavy atom.